The Morgan fingerprint density at radius 3 is 2.80 bits per heavy atom. The summed E-state index contributed by atoms with van der Waals surface area (Å²) < 4.78 is 18.1. The molecule has 1 aromatic heterocycles. The monoisotopic (exact) mass is 274 g/mol. The third-order valence-electron chi connectivity index (χ3n) is 2.91. The number of pyridine rings is 1. The van der Waals surface area contributed by atoms with Crippen LogP contribution in [0.1, 0.15) is 11.1 Å². The first-order valence-electron chi connectivity index (χ1n) is 6.16. The number of hydrogen-bond donors (Lipinski definition) is 1. The second-order valence-corrected chi connectivity index (χ2v) is 4.40. The topological polar surface area (TPSA) is 51.2 Å². The molecule has 1 aromatic carbocycles. The molecule has 0 spiro atoms. The van der Waals surface area contributed by atoms with Crippen molar-refractivity contribution >= 4 is 11.7 Å². The summed E-state index contributed by atoms with van der Waals surface area (Å²) in [5.41, 5.74) is 2.10. The molecule has 1 amide bonds. The van der Waals surface area contributed by atoms with Crippen LogP contribution < -0.4 is 10.1 Å². The first-order chi connectivity index (χ1) is 9.56. The summed E-state index contributed by atoms with van der Waals surface area (Å²) in [5.74, 6) is 0.174. The van der Waals surface area contributed by atoms with Crippen molar-refractivity contribution in [3.05, 3.63) is 53.5 Å². The van der Waals surface area contributed by atoms with Gasteiger partial charge in [-0.15, -0.1) is 0 Å². The fraction of sp³-hybridized carbons (Fsp3) is 0.200. The van der Waals surface area contributed by atoms with Gasteiger partial charge in [-0.2, -0.15) is 0 Å². The van der Waals surface area contributed by atoms with Crippen LogP contribution in [0, 0.1) is 19.7 Å². The lowest BCUT2D eigenvalue weighted by Crippen LogP contribution is -2.21. The van der Waals surface area contributed by atoms with Gasteiger partial charge in [-0.3, -0.25) is 4.79 Å². The van der Waals surface area contributed by atoms with Crippen molar-refractivity contribution in [2.45, 2.75) is 13.8 Å². The quantitative estimate of drug-likeness (QED) is 0.932. The fourth-order valence-electron chi connectivity index (χ4n) is 1.65. The minimum Gasteiger partial charge on any atom is -0.483 e. The van der Waals surface area contributed by atoms with Gasteiger partial charge in [0.15, 0.2) is 6.61 Å². The van der Waals surface area contributed by atoms with Gasteiger partial charge in [-0.05, 0) is 43.2 Å². The third-order valence-corrected chi connectivity index (χ3v) is 2.91. The van der Waals surface area contributed by atoms with E-state index in [2.05, 4.69) is 10.3 Å². The van der Waals surface area contributed by atoms with E-state index in [0.717, 1.165) is 17.3 Å². The van der Waals surface area contributed by atoms with E-state index in [9.17, 15) is 9.18 Å². The Morgan fingerprint density at radius 2 is 2.10 bits per heavy atom. The van der Waals surface area contributed by atoms with Crippen molar-refractivity contribution < 1.29 is 13.9 Å². The first kappa shape index (κ1) is 14.0. The Kier molecular flexibility index (Phi) is 4.30. The van der Waals surface area contributed by atoms with E-state index in [-0.39, 0.29) is 12.5 Å². The highest BCUT2D eigenvalue weighted by Gasteiger charge is 2.07. The summed E-state index contributed by atoms with van der Waals surface area (Å²) in [6.07, 6.45) is 1.04. The maximum Gasteiger partial charge on any atom is 0.263 e. The minimum atomic E-state index is -0.449. The number of carbonyl (C=O) groups excluding carboxylic acids is 1. The van der Waals surface area contributed by atoms with Crippen LogP contribution in [0.4, 0.5) is 10.2 Å². The summed E-state index contributed by atoms with van der Waals surface area (Å²) in [5, 5.41) is 2.53. The molecule has 1 N–H and O–H groups in total. The van der Waals surface area contributed by atoms with E-state index >= 15 is 0 Å². The summed E-state index contributed by atoms with van der Waals surface area (Å²) in [6, 6.07) is 8.28. The maximum absolute atomic E-state index is 12.7. The van der Waals surface area contributed by atoms with Gasteiger partial charge < -0.3 is 10.1 Å². The molecule has 2 aromatic rings. The lowest BCUT2D eigenvalue weighted by Gasteiger charge is -2.10. The largest absolute Gasteiger partial charge is 0.483 e. The van der Waals surface area contributed by atoms with Crippen LogP contribution in [-0.4, -0.2) is 17.5 Å². The van der Waals surface area contributed by atoms with E-state index in [4.69, 9.17) is 4.74 Å². The second-order valence-electron chi connectivity index (χ2n) is 4.40. The molecule has 1 heterocycles. The lowest BCUT2D eigenvalue weighted by atomic mass is 10.1. The highest BCUT2D eigenvalue weighted by Crippen LogP contribution is 2.20. The predicted octanol–water partition coefficient (Wildman–Crippen LogP) is 2.86. The van der Waals surface area contributed by atoms with Crippen LogP contribution >= 0.6 is 0 Å². The molecule has 0 saturated heterocycles. The van der Waals surface area contributed by atoms with Gasteiger partial charge in [0.05, 0.1) is 6.20 Å². The lowest BCUT2D eigenvalue weighted by molar-refractivity contribution is -0.118. The number of amides is 1. The fourth-order valence-corrected chi connectivity index (χ4v) is 1.65. The molecule has 20 heavy (non-hydrogen) atoms. The predicted molar refractivity (Wildman–Crippen MR) is 74.2 cm³/mol. The molecule has 4 nitrogen and oxygen atoms in total. The minimum absolute atomic E-state index is 0.122. The standard InChI is InChI=1S/C15H15FN2O2/c1-10-4-3-5-13(11(10)2)20-9-15(19)18-14-7-6-12(16)8-17-14/h3-8H,9H2,1-2H3,(H,17,18,19). The number of halogens is 1. The normalized spacial score (nSPS) is 10.2. The number of rotatable bonds is 4. The zero-order valence-corrected chi connectivity index (χ0v) is 11.3. The molecule has 0 aliphatic carbocycles. The number of aryl methyl sites for hydroxylation is 1. The Labute approximate surface area is 116 Å². The number of benzene rings is 1. The highest BCUT2D eigenvalue weighted by molar-refractivity contribution is 5.90. The van der Waals surface area contributed by atoms with Crippen LogP contribution in [0.2, 0.25) is 0 Å². The number of aromatic nitrogens is 1. The Bertz CT molecular complexity index is 612. The molecule has 0 aliphatic rings. The number of ether oxygens (including phenoxy) is 1. The van der Waals surface area contributed by atoms with Crippen LogP contribution in [0.25, 0.3) is 0 Å². The van der Waals surface area contributed by atoms with Crippen molar-refractivity contribution in [2.75, 3.05) is 11.9 Å². The van der Waals surface area contributed by atoms with Gasteiger partial charge in [0.25, 0.3) is 5.91 Å². The van der Waals surface area contributed by atoms with E-state index in [1.54, 1.807) is 0 Å². The molecule has 2 rings (SSSR count). The van der Waals surface area contributed by atoms with Crippen LogP contribution in [0.3, 0.4) is 0 Å². The molecule has 104 valence electrons. The summed E-state index contributed by atoms with van der Waals surface area (Å²) in [6.45, 7) is 3.79. The Balaban J connectivity index is 1.92. The van der Waals surface area contributed by atoms with E-state index in [1.165, 1.54) is 12.1 Å². The molecule has 0 fully saturated rings. The SMILES string of the molecule is Cc1cccc(OCC(=O)Nc2ccc(F)cn2)c1C. The van der Waals surface area contributed by atoms with Crippen molar-refractivity contribution in [3.8, 4) is 5.75 Å². The molecule has 0 saturated carbocycles. The molecule has 0 radical (unpaired) electrons. The maximum atomic E-state index is 12.7. The smallest absolute Gasteiger partial charge is 0.263 e. The molecule has 5 heteroatoms. The number of nitrogens with one attached hydrogen (secondary N) is 1. The second kappa shape index (κ2) is 6.14. The molecule has 0 aliphatic heterocycles. The van der Waals surface area contributed by atoms with E-state index in [0.29, 0.717) is 11.6 Å². The average molecular weight is 274 g/mol. The highest BCUT2D eigenvalue weighted by atomic mass is 19.1. The molecule has 0 bridgehead atoms. The summed E-state index contributed by atoms with van der Waals surface area (Å²) >= 11 is 0. The van der Waals surface area contributed by atoms with E-state index in [1.807, 2.05) is 32.0 Å². The van der Waals surface area contributed by atoms with Gasteiger partial charge in [-0.25, -0.2) is 9.37 Å². The average Bonchev–Trinajstić information content (AvgIpc) is 2.43. The van der Waals surface area contributed by atoms with Gasteiger partial charge in [0.1, 0.15) is 17.4 Å². The van der Waals surface area contributed by atoms with Gasteiger partial charge in [0.2, 0.25) is 0 Å². The van der Waals surface area contributed by atoms with Crippen molar-refractivity contribution in [2.24, 2.45) is 0 Å². The van der Waals surface area contributed by atoms with Crippen LogP contribution in [-0.2, 0) is 4.79 Å². The molecular formula is C15H15FN2O2. The number of nitrogens with zero attached hydrogens (tertiary/aromatic N) is 1. The summed E-state index contributed by atoms with van der Waals surface area (Å²) in [7, 11) is 0. The first-order valence-corrected chi connectivity index (χ1v) is 6.16. The zero-order valence-electron chi connectivity index (χ0n) is 11.3. The van der Waals surface area contributed by atoms with E-state index < -0.39 is 5.82 Å². The number of carbonyl (C=O) groups is 1. The van der Waals surface area contributed by atoms with Crippen molar-refractivity contribution in [1.29, 1.82) is 0 Å². The van der Waals surface area contributed by atoms with Crippen molar-refractivity contribution in [3.63, 3.8) is 0 Å². The third kappa shape index (κ3) is 3.54. The molecule has 0 atom stereocenters. The zero-order chi connectivity index (χ0) is 14.5. The van der Waals surface area contributed by atoms with Crippen molar-refractivity contribution in [1.82, 2.24) is 4.98 Å². The van der Waals surface area contributed by atoms with Gasteiger partial charge >= 0.3 is 0 Å². The van der Waals surface area contributed by atoms with Gasteiger partial charge in [0, 0.05) is 0 Å². The van der Waals surface area contributed by atoms with Gasteiger partial charge in [-0.1, -0.05) is 12.1 Å². The molecular weight excluding hydrogens is 259 g/mol. The number of anilines is 1. The Morgan fingerprint density at radius 1 is 1.30 bits per heavy atom. The van der Waals surface area contributed by atoms with Crippen LogP contribution in [0.15, 0.2) is 36.5 Å². The number of hydrogen-bond acceptors (Lipinski definition) is 3. The Hall–Kier alpha value is -2.43. The summed E-state index contributed by atoms with van der Waals surface area (Å²) in [4.78, 5) is 15.4. The molecule has 0 unspecified atom stereocenters. The van der Waals surface area contributed by atoms with Crippen LogP contribution in [0.5, 0.6) is 5.75 Å².